The highest BCUT2D eigenvalue weighted by molar-refractivity contribution is 5.86. The number of benzene rings is 1. The van der Waals surface area contributed by atoms with E-state index in [1.54, 1.807) is 13.0 Å². The predicted octanol–water partition coefficient (Wildman–Crippen LogP) is 2.98. The van der Waals surface area contributed by atoms with Gasteiger partial charge in [0, 0.05) is 5.56 Å². The fraction of sp³-hybridized carbons (Fsp3) is 0.500. The molecular formula is C14H16F2O4. The van der Waals surface area contributed by atoms with Crippen LogP contribution in [0, 0.1) is 0 Å². The van der Waals surface area contributed by atoms with Gasteiger partial charge >= 0.3 is 12.6 Å². The number of carboxylic acid groups (broad SMARTS) is 1. The molecule has 1 aliphatic carbocycles. The fourth-order valence-corrected chi connectivity index (χ4v) is 2.35. The van der Waals surface area contributed by atoms with Crippen LogP contribution in [0.1, 0.15) is 30.9 Å². The van der Waals surface area contributed by atoms with Crippen LogP contribution >= 0.6 is 0 Å². The molecule has 0 unspecified atom stereocenters. The van der Waals surface area contributed by atoms with Crippen molar-refractivity contribution in [2.75, 3.05) is 7.11 Å². The summed E-state index contributed by atoms with van der Waals surface area (Å²) in [5.41, 5.74) is -0.0647. The van der Waals surface area contributed by atoms with E-state index >= 15 is 0 Å². The molecule has 0 spiro atoms. The third kappa shape index (κ3) is 2.42. The summed E-state index contributed by atoms with van der Waals surface area (Å²) in [4.78, 5) is 11.4. The number of methoxy groups -OCH3 is 1. The minimum absolute atomic E-state index is 0.0193. The zero-order valence-electron chi connectivity index (χ0n) is 11.3. The van der Waals surface area contributed by atoms with E-state index in [0.29, 0.717) is 36.1 Å². The van der Waals surface area contributed by atoms with Gasteiger partial charge in [0.15, 0.2) is 0 Å². The summed E-state index contributed by atoms with van der Waals surface area (Å²) in [6.07, 6.45) is 1.43. The monoisotopic (exact) mass is 286 g/mol. The first-order valence-electron chi connectivity index (χ1n) is 6.34. The molecule has 4 nitrogen and oxygen atoms in total. The van der Waals surface area contributed by atoms with Crippen molar-refractivity contribution in [1.29, 1.82) is 0 Å². The topological polar surface area (TPSA) is 55.8 Å². The number of rotatable bonds is 6. The third-order valence-electron chi connectivity index (χ3n) is 3.65. The van der Waals surface area contributed by atoms with Crippen molar-refractivity contribution in [1.82, 2.24) is 0 Å². The molecule has 1 saturated carbocycles. The van der Waals surface area contributed by atoms with Crippen LogP contribution in [0.2, 0.25) is 0 Å². The molecular weight excluding hydrogens is 270 g/mol. The normalized spacial score (nSPS) is 16.1. The molecule has 0 bridgehead atoms. The molecule has 0 atom stereocenters. The molecule has 0 aromatic heterocycles. The molecule has 1 aromatic rings. The van der Waals surface area contributed by atoms with Gasteiger partial charge in [-0.1, -0.05) is 6.92 Å². The number of aliphatic carboxylic acids is 1. The molecule has 0 radical (unpaired) electrons. The van der Waals surface area contributed by atoms with E-state index < -0.39 is 18.0 Å². The standard InChI is InChI=1S/C14H16F2O4/c1-3-8-6-11(19-2)9(7-10(8)20-13(15)16)14(4-5-14)12(17)18/h6-7,13H,3-5H2,1-2H3,(H,17,18). The van der Waals surface area contributed by atoms with E-state index in [0.717, 1.165) is 0 Å². The average Bonchev–Trinajstić information content (AvgIpc) is 3.19. The van der Waals surface area contributed by atoms with Gasteiger partial charge in [-0.05, 0) is 37.0 Å². The van der Waals surface area contributed by atoms with Crippen LogP contribution < -0.4 is 9.47 Å². The van der Waals surface area contributed by atoms with Crippen molar-refractivity contribution in [3.63, 3.8) is 0 Å². The Kier molecular flexibility index (Phi) is 3.83. The van der Waals surface area contributed by atoms with Crippen molar-refractivity contribution < 1.29 is 28.2 Å². The molecule has 110 valence electrons. The van der Waals surface area contributed by atoms with E-state index in [9.17, 15) is 18.7 Å². The molecule has 0 heterocycles. The van der Waals surface area contributed by atoms with Crippen molar-refractivity contribution in [2.45, 2.75) is 38.2 Å². The second kappa shape index (κ2) is 5.26. The summed E-state index contributed by atoms with van der Waals surface area (Å²) >= 11 is 0. The number of hydrogen-bond donors (Lipinski definition) is 1. The minimum atomic E-state index is -2.94. The summed E-state index contributed by atoms with van der Waals surface area (Å²) in [6, 6.07) is 2.96. The van der Waals surface area contributed by atoms with E-state index in [4.69, 9.17) is 4.74 Å². The Labute approximate surface area is 115 Å². The number of alkyl halides is 2. The molecule has 0 amide bonds. The molecule has 0 aliphatic heterocycles. The maximum absolute atomic E-state index is 12.5. The van der Waals surface area contributed by atoms with Crippen molar-refractivity contribution >= 4 is 5.97 Å². The number of ether oxygens (including phenoxy) is 2. The van der Waals surface area contributed by atoms with Crippen LogP contribution in [-0.2, 0) is 16.6 Å². The SMILES string of the molecule is CCc1cc(OC)c(C2(C(=O)O)CC2)cc1OC(F)F. The van der Waals surface area contributed by atoms with Crippen LogP contribution in [0.4, 0.5) is 8.78 Å². The first-order valence-corrected chi connectivity index (χ1v) is 6.34. The van der Waals surface area contributed by atoms with Gasteiger partial charge < -0.3 is 14.6 Å². The molecule has 1 aliphatic rings. The maximum atomic E-state index is 12.5. The van der Waals surface area contributed by atoms with E-state index in [-0.39, 0.29) is 5.75 Å². The largest absolute Gasteiger partial charge is 0.496 e. The van der Waals surface area contributed by atoms with Gasteiger partial charge in [0.2, 0.25) is 0 Å². The summed E-state index contributed by atoms with van der Waals surface area (Å²) < 4.78 is 34.6. The lowest BCUT2D eigenvalue weighted by atomic mass is 9.93. The minimum Gasteiger partial charge on any atom is -0.496 e. The first-order chi connectivity index (χ1) is 9.44. The van der Waals surface area contributed by atoms with Crippen LogP contribution in [0.5, 0.6) is 11.5 Å². The Morgan fingerprint density at radius 3 is 2.45 bits per heavy atom. The van der Waals surface area contributed by atoms with Crippen LogP contribution in [0.3, 0.4) is 0 Å². The highest BCUT2D eigenvalue weighted by atomic mass is 19.3. The van der Waals surface area contributed by atoms with Gasteiger partial charge in [0.25, 0.3) is 0 Å². The quantitative estimate of drug-likeness (QED) is 0.873. The van der Waals surface area contributed by atoms with Crippen LogP contribution in [0.15, 0.2) is 12.1 Å². The van der Waals surface area contributed by atoms with E-state index in [1.807, 2.05) is 0 Å². The number of hydrogen-bond acceptors (Lipinski definition) is 3. The summed E-state index contributed by atoms with van der Waals surface area (Å²) in [7, 11) is 1.43. The summed E-state index contributed by atoms with van der Waals surface area (Å²) in [5.74, 6) is -0.544. The number of halogens is 2. The van der Waals surface area contributed by atoms with E-state index in [1.165, 1.54) is 13.2 Å². The number of aryl methyl sites for hydroxylation is 1. The highest BCUT2D eigenvalue weighted by Crippen LogP contribution is 2.53. The molecule has 1 N–H and O–H groups in total. The van der Waals surface area contributed by atoms with Crippen LogP contribution in [0.25, 0.3) is 0 Å². The van der Waals surface area contributed by atoms with Gasteiger partial charge in [-0.15, -0.1) is 0 Å². The molecule has 1 fully saturated rings. The molecule has 0 saturated heterocycles. The predicted molar refractivity (Wildman–Crippen MR) is 67.6 cm³/mol. The molecule has 2 rings (SSSR count). The lowest BCUT2D eigenvalue weighted by Crippen LogP contribution is -2.21. The molecule has 6 heteroatoms. The highest BCUT2D eigenvalue weighted by Gasteiger charge is 2.53. The van der Waals surface area contributed by atoms with Gasteiger partial charge in [-0.3, -0.25) is 4.79 Å². The Morgan fingerprint density at radius 2 is 2.05 bits per heavy atom. The Morgan fingerprint density at radius 1 is 1.40 bits per heavy atom. The second-order valence-corrected chi connectivity index (χ2v) is 4.78. The Hall–Kier alpha value is -1.85. The fourth-order valence-electron chi connectivity index (χ4n) is 2.35. The lowest BCUT2D eigenvalue weighted by Gasteiger charge is -2.19. The summed E-state index contributed by atoms with van der Waals surface area (Å²) in [6.45, 7) is -1.14. The average molecular weight is 286 g/mol. The first kappa shape index (κ1) is 14.6. The molecule has 1 aromatic carbocycles. The van der Waals surface area contributed by atoms with E-state index in [2.05, 4.69) is 4.74 Å². The van der Waals surface area contributed by atoms with Crippen molar-refractivity contribution in [3.05, 3.63) is 23.3 Å². The smallest absolute Gasteiger partial charge is 0.387 e. The number of carboxylic acids is 1. The van der Waals surface area contributed by atoms with Gasteiger partial charge in [-0.2, -0.15) is 8.78 Å². The Bertz CT molecular complexity index is 524. The van der Waals surface area contributed by atoms with Crippen LogP contribution in [-0.4, -0.2) is 24.8 Å². The lowest BCUT2D eigenvalue weighted by molar-refractivity contribution is -0.140. The van der Waals surface area contributed by atoms with Gasteiger partial charge in [0.1, 0.15) is 11.5 Å². The van der Waals surface area contributed by atoms with Gasteiger partial charge in [0.05, 0.1) is 12.5 Å². The van der Waals surface area contributed by atoms with Gasteiger partial charge in [-0.25, -0.2) is 0 Å². The molecule has 20 heavy (non-hydrogen) atoms. The zero-order valence-corrected chi connectivity index (χ0v) is 11.3. The second-order valence-electron chi connectivity index (χ2n) is 4.78. The number of carbonyl (C=O) groups is 1. The van der Waals surface area contributed by atoms with Crippen molar-refractivity contribution in [2.24, 2.45) is 0 Å². The third-order valence-corrected chi connectivity index (χ3v) is 3.65. The maximum Gasteiger partial charge on any atom is 0.387 e. The zero-order chi connectivity index (χ0) is 14.9. The van der Waals surface area contributed by atoms with Crippen molar-refractivity contribution in [3.8, 4) is 11.5 Å². The Balaban J connectivity index is 2.53. The summed E-state index contributed by atoms with van der Waals surface area (Å²) in [5, 5.41) is 9.33.